The summed E-state index contributed by atoms with van der Waals surface area (Å²) in [6, 6.07) is -0.176. The highest BCUT2D eigenvalue weighted by Gasteiger charge is 2.31. The van der Waals surface area contributed by atoms with Crippen molar-refractivity contribution in [3.63, 3.8) is 0 Å². The molecule has 3 atom stereocenters. The lowest BCUT2D eigenvalue weighted by molar-refractivity contribution is -0.128. The van der Waals surface area contributed by atoms with Gasteiger partial charge < -0.3 is 5.32 Å². The second-order valence-electron chi connectivity index (χ2n) is 6.47. The Morgan fingerprint density at radius 3 is 2.50 bits per heavy atom. The van der Waals surface area contributed by atoms with Gasteiger partial charge in [-0.25, -0.2) is 0 Å². The highest BCUT2D eigenvalue weighted by atomic mass is 32.2. The third-order valence-corrected chi connectivity index (χ3v) is 5.16. The third-order valence-electron chi connectivity index (χ3n) is 4.30. The van der Waals surface area contributed by atoms with Crippen molar-refractivity contribution in [1.82, 2.24) is 15.1 Å². The monoisotopic (exact) mass is 327 g/mol. The number of carbonyl (C=O) groups is 3. The van der Waals surface area contributed by atoms with Gasteiger partial charge in [-0.2, -0.15) is 0 Å². The molecule has 6 nitrogen and oxygen atoms in total. The quantitative estimate of drug-likeness (QED) is 0.821. The van der Waals surface area contributed by atoms with Gasteiger partial charge in [-0.05, 0) is 25.2 Å². The Balaban J connectivity index is 1.76. The summed E-state index contributed by atoms with van der Waals surface area (Å²) < 4.78 is 0. The van der Waals surface area contributed by atoms with Gasteiger partial charge in [0.1, 0.15) is 0 Å². The van der Waals surface area contributed by atoms with Crippen molar-refractivity contribution in [3.05, 3.63) is 0 Å². The van der Waals surface area contributed by atoms with Crippen molar-refractivity contribution in [1.29, 1.82) is 0 Å². The molecule has 0 aliphatic carbocycles. The lowest BCUT2D eigenvalue weighted by atomic mass is 9.91. The van der Waals surface area contributed by atoms with Crippen LogP contribution in [0.25, 0.3) is 0 Å². The zero-order valence-electron chi connectivity index (χ0n) is 13.5. The van der Waals surface area contributed by atoms with E-state index in [1.54, 1.807) is 0 Å². The Morgan fingerprint density at radius 2 is 1.95 bits per heavy atom. The van der Waals surface area contributed by atoms with Crippen LogP contribution < -0.4 is 5.32 Å². The Bertz CT molecular complexity index is 431. The minimum absolute atomic E-state index is 0.0342. The average Bonchev–Trinajstić information content (AvgIpc) is 2.77. The van der Waals surface area contributed by atoms with Gasteiger partial charge in [-0.15, -0.1) is 0 Å². The van der Waals surface area contributed by atoms with Gasteiger partial charge in [-0.1, -0.05) is 25.6 Å². The zero-order valence-corrected chi connectivity index (χ0v) is 14.3. The zero-order chi connectivity index (χ0) is 16.3. The number of hydrogen-bond donors (Lipinski definition) is 1. The molecule has 0 saturated carbocycles. The molecule has 0 spiro atoms. The molecule has 1 N–H and O–H groups in total. The summed E-state index contributed by atoms with van der Waals surface area (Å²) in [7, 11) is 0. The molecule has 7 heteroatoms. The summed E-state index contributed by atoms with van der Waals surface area (Å²) in [5.74, 6) is 1.22. The van der Waals surface area contributed by atoms with E-state index < -0.39 is 0 Å². The van der Waals surface area contributed by atoms with Crippen LogP contribution in [0.5, 0.6) is 0 Å². The molecule has 0 bridgehead atoms. The number of thioether (sulfide) groups is 1. The molecule has 0 unspecified atom stereocenters. The summed E-state index contributed by atoms with van der Waals surface area (Å²) in [5.41, 5.74) is 0. The summed E-state index contributed by atoms with van der Waals surface area (Å²) >= 11 is 1.02. The first kappa shape index (κ1) is 17.3. The van der Waals surface area contributed by atoms with Crippen LogP contribution in [0.4, 0.5) is 4.79 Å². The molecule has 2 aliphatic heterocycles. The van der Waals surface area contributed by atoms with E-state index in [2.05, 4.69) is 24.1 Å². The summed E-state index contributed by atoms with van der Waals surface area (Å²) in [4.78, 5) is 38.6. The fourth-order valence-corrected chi connectivity index (χ4v) is 3.98. The molecule has 22 heavy (non-hydrogen) atoms. The molecule has 124 valence electrons. The Kier molecular flexibility index (Phi) is 5.86. The van der Waals surface area contributed by atoms with Crippen LogP contribution in [0, 0.1) is 11.8 Å². The van der Waals surface area contributed by atoms with E-state index in [9.17, 15) is 14.4 Å². The first-order valence-electron chi connectivity index (χ1n) is 7.87. The first-order valence-corrected chi connectivity index (χ1v) is 8.86. The van der Waals surface area contributed by atoms with Crippen LogP contribution >= 0.6 is 11.8 Å². The molecule has 2 heterocycles. The van der Waals surface area contributed by atoms with Crippen molar-refractivity contribution < 1.29 is 14.4 Å². The van der Waals surface area contributed by atoms with Gasteiger partial charge in [0.05, 0.1) is 11.8 Å². The van der Waals surface area contributed by atoms with Gasteiger partial charge in [0.15, 0.2) is 0 Å². The first-order chi connectivity index (χ1) is 10.4. The average molecular weight is 327 g/mol. The fraction of sp³-hybridized carbons (Fsp3) is 0.800. The summed E-state index contributed by atoms with van der Waals surface area (Å²) in [6.45, 7) is 8.82. The molecule has 3 amide bonds. The number of imide groups is 1. The summed E-state index contributed by atoms with van der Waals surface area (Å²) in [6.07, 6.45) is 1.21. The predicted molar refractivity (Wildman–Crippen MR) is 86.6 cm³/mol. The molecule has 2 saturated heterocycles. The lowest BCUT2D eigenvalue weighted by Gasteiger charge is -2.38. The maximum absolute atomic E-state index is 12.2. The molecule has 0 aromatic rings. The molecule has 0 radical (unpaired) electrons. The molecule has 0 aromatic heterocycles. The van der Waals surface area contributed by atoms with E-state index in [-0.39, 0.29) is 35.4 Å². The van der Waals surface area contributed by atoms with Crippen LogP contribution in [0.2, 0.25) is 0 Å². The van der Waals surface area contributed by atoms with E-state index in [4.69, 9.17) is 0 Å². The van der Waals surface area contributed by atoms with Crippen LogP contribution in [0.1, 0.15) is 27.2 Å². The predicted octanol–water partition coefficient (Wildman–Crippen LogP) is 1.16. The van der Waals surface area contributed by atoms with E-state index >= 15 is 0 Å². The van der Waals surface area contributed by atoms with E-state index in [1.807, 2.05) is 6.92 Å². The number of nitrogens with zero attached hydrogens (tertiary/aromatic N) is 2. The van der Waals surface area contributed by atoms with E-state index in [0.717, 1.165) is 24.9 Å². The lowest BCUT2D eigenvalue weighted by Crippen LogP contribution is -2.51. The normalized spacial score (nSPS) is 28.0. The molecule has 2 aliphatic rings. The Morgan fingerprint density at radius 1 is 1.32 bits per heavy atom. The van der Waals surface area contributed by atoms with Gasteiger partial charge in [-0.3, -0.25) is 24.2 Å². The highest BCUT2D eigenvalue weighted by Crippen LogP contribution is 2.22. The van der Waals surface area contributed by atoms with E-state index in [0.29, 0.717) is 18.4 Å². The third kappa shape index (κ3) is 4.23. The smallest absolute Gasteiger partial charge is 0.288 e. The SMILES string of the molecule is C[C@@H]1C[C@@H](C)CN([C@@H](C)C(=O)NCCN2C(=O)CSC2=O)C1. The van der Waals surface area contributed by atoms with Gasteiger partial charge >= 0.3 is 0 Å². The Hall–Kier alpha value is -1.08. The molecule has 2 rings (SSSR count). The number of rotatable bonds is 5. The topological polar surface area (TPSA) is 69.7 Å². The Labute approximate surface area is 136 Å². The van der Waals surface area contributed by atoms with Crippen LogP contribution in [0.3, 0.4) is 0 Å². The van der Waals surface area contributed by atoms with E-state index in [1.165, 1.54) is 11.3 Å². The van der Waals surface area contributed by atoms with Crippen LogP contribution in [0.15, 0.2) is 0 Å². The standard InChI is InChI=1S/C15H25N3O3S/c1-10-6-11(2)8-17(7-10)12(3)14(20)16-4-5-18-13(19)9-22-15(18)21/h10-12H,4-9H2,1-3H3,(H,16,20)/t10-,11-,12+/m1/s1. The molecule has 2 fully saturated rings. The number of hydrogen-bond acceptors (Lipinski definition) is 5. The number of piperidine rings is 1. The van der Waals surface area contributed by atoms with Gasteiger partial charge in [0.2, 0.25) is 11.8 Å². The summed E-state index contributed by atoms with van der Waals surface area (Å²) in [5, 5.41) is 2.62. The molecular weight excluding hydrogens is 302 g/mol. The number of likely N-dealkylation sites (tertiary alicyclic amines) is 1. The highest BCUT2D eigenvalue weighted by molar-refractivity contribution is 8.14. The minimum atomic E-state index is -0.217. The van der Waals surface area contributed by atoms with Crippen molar-refractivity contribution in [2.75, 3.05) is 31.9 Å². The fourth-order valence-electron chi connectivity index (χ4n) is 3.23. The number of carbonyl (C=O) groups excluding carboxylic acids is 3. The van der Waals surface area contributed by atoms with Crippen LogP contribution in [-0.4, -0.2) is 64.8 Å². The molecular formula is C15H25N3O3S. The second kappa shape index (κ2) is 7.46. The maximum atomic E-state index is 12.2. The van der Waals surface area contributed by atoms with Crippen molar-refractivity contribution >= 4 is 28.8 Å². The number of amides is 3. The van der Waals surface area contributed by atoms with Crippen molar-refractivity contribution in [2.24, 2.45) is 11.8 Å². The van der Waals surface area contributed by atoms with Gasteiger partial charge in [0.25, 0.3) is 5.24 Å². The van der Waals surface area contributed by atoms with Crippen LogP contribution in [-0.2, 0) is 9.59 Å². The minimum Gasteiger partial charge on any atom is -0.353 e. The van der Waals surface area contributed by atoms with Gasteiger partial charge in [0, 0.05) is 26.2 Å². The molecule has 0 aromatic carbocycles. The van der Waals surface area contributed by atoms with Crippen molar-refractivity contribution in [2.45, 2.75) is 33.2 Å². The second-order valence-corrected chi connectivity index (χ2v) is 7.39. The number of nitrogens with one attached hydrogen (secondary N) is 1. The maximum Gasteiger partial charge on any atom is 0.288 e. The van der Waals surface area contributed by atoms with Crippen molar-refractivity contribution in [3.8, 4) is 0 Å². The largest absolute Gasteiger partial charge is 0.353 e.